The molecule has 0 spiro atoms. The predicted molar refractivity (Wildman–Crippen MR) is 108 cm³/mol. The molecule has 0 amide bonds. The number of aromatic amines is 1. The minimum atomic E-state index is -0.364. The van der Waals surface area contributed by atoms with Crippen molar-refractivity contribution in [1.82, 2.24) is 4.98 Å². The molecule has 150 valence electrons. The normalized spacial score (nSPS) is 16.0. The second-order valence-corrected chi connectivity index (χ2v) is 7.48. The first-order chi connectivity index (χ1) is 13.5. The van der Waals surface area contributed by atoms with E-state index in [0.717, 1.165) is 42.7 Å². The first-order valence-electron chi connectivity index (χ1n) is 10.1. The number of benzene rings is 1. The summed E-state index contributed by atoms with van der Waals surface area (Å²) in [6.07, 6.45) is 5.38. The zero-order chi connectivity index (χ0) is 20.1. The molecule has 28 heavy (non-hydrogen) atoms. The van der Waals surface area contributed by atoms with Crippen LogP contribution in [-0.4, -0.2) is 30.5 Å². The van der Waals surface area contributed by atoms with Crippen LogP contribution in [-0.2, 0) is 11.2 Å². The Bertz CT molecular complexity index is 835. The third-order valence-electron chi connectivity index (χ3n) is 5.51. The van der Waals surface area contributed by atoms with E-state index in [1.54, 1.807) is 7.11 Å². The van der Waals surface area contributed by atoms with Gasteiger partial charge in [-0.15, -0.1) is 0 Å². The maximum absolute atomic E-state index is 12.8. The lowest BCUT2D eigenvalue weighted by Crippen LogP contribution is -2.18. The highest BCUT2D eigenvalue weighted by molar-refractivity contribution is 6.03. The van der Waals surface area contributed by atoms with Gasteiger partial charge in [0.2, 0.25) is 0 Å². The molecular weight excluding hydrogens is 354 g/mol. The van der Waals surface area contributed by atoms with Crippen molar-refractivity contribution in [2.24, 2.45) is 0 Å². The molecule has 1 atom stereocenters. The number of aromatic nitrogens is 1. The van der Waals surface area contributed by atoms with Gasteiger partial charge in [-0.2, -0.15) is 0 Å². The number of esters is 1. The molecule has 1 aromatic carbocycles. The summed E-state index contributed by atoms with van der Waals surface area (Å²) in [6, 6.07) is 7.83. The van der Waals surface area contributed by atoms with Crippen LogP contribution in [0.2, 0.25) is 0 Å². The van der Waals surface area contributed by atoms with Gasteiger partial charge in [0.15, 0.2) is 5.78 Å². The minimum absolute atomic E-state index is 0.0813. The number of carbonyl (C=O) groups excluding carboxylic acids is 2. The molecule has 0 saturated carbocycles. The average Bonchev–Trinajstić information content (AvgIpc) is 3.04. The van der Waals surface area contributed by atoms with E-state index < -0.39 is 0 Å². The van der Waals surface area contributed by atoms with E-state index in [1.165, 1.54) is 0 Å². The van der Waals surface area contributed by atoms with Gasteiger partial charge in [-0.05, 0) is 48.9 Å². The highest BCUT2D eigenvalue weighted by atomic mass is 16.5. The van der Waals surface area contributed by atoms with Crippen LogP contribution < -0.4 is 4.74 Å². The molecule has 1 heterocycles. The number of methoxy groups -OCH3 is 1. The van der Waals surface area contributed by atoms with Crippen LogP contribution in [0, 0.1) is 6.92 Å². The second kappa shape index (κ2) is 9.09. The monoisotopic (exact) mass is 383 g/mol. The highest BCUT2D eigenvalue weighted by Gasteiger charge is 2.32. The molecule has 0 saturated heterocycles. The highest BCUT2D eigenvalue weighted by Crippen LogP contribution is 2.35. The van der Waals surface area contributed by atoms with Gasteiger partial charge in [-0.25, -0.2) is 4.79 Å². The van der Waals surface area contributed by atoms with E-state index in [1.807, 2.05) is 31.2 Å². The lowest BCUT2D eigenvalue weighted by Gasteiger charge is -2.22. The minimum Gasteiger partial charge on any atom is -0.497 e. The molecule has 1 aliphatic carbocycles. The first-order valence-corrected chi connectivity index (χ1v) is 10.1. The standard InChI is InChI=1S/C23H29NO4/c1-4-5-6-7-12-28-23(26)22-15(2)21-19(24-22)13-17(14-20(21)25)16-8-10-18(27-3)11-9-16/h8-11,17,24H,4-7,12-14H2,1-3H3. The van der Waals surface area contributed by atoms with Crippen LogP contribution in [0.3, 0.4) is 0 Å². The molecule has 0 fully saturated rings. The zero-order valence-electron chi connectivity index (χ0n) is 17.0. The molecule has 0 radical (unpaired) electrons. The molecule has 5 nitrogen and oxygen atoms in total. The summed E-state index contributed by atoms with van der Waals surface area (Å²) in [5.41, 5.74) is 3.75. The van der Waals surface area contributed by atoms with Crippen molar-refractivity contribution in [3.8, 4) is 5.75 Å². The lowest BCUT2D eigenvalue weighted by molar-refractivity contribution is 0.0490. The molecule has 3 rings (SSSR count). The van der Waals surface area contributed by atoms with Crippen molar-refractivity contribution in [2.75, 3.05) is 13.7 Å². The molecule has 1 aliphatic rings. The number of hydrogen-bond donors (Lipinski definition) is 1. The molecule has 2 aromatic rings. The van der Waals surface area contributed by atoms with Crippen molar-refractivity contribution in [3.05, 3.63) is 52.3 Å². The van der Waals surface area contributed by atoms with Crippen LogP contribution in [0.25, 0.3) is 0 Å². The molecular formula is C23H29NO4. The Hall–Kier alpha value is -2.56. The fourth-order valence-electron chi connectivity index (χ4n) is 3.92. The van der Waals surface area contributed by atoms with Crippen LogP contribution in [0.15, 0.2) is 24.3 Å². The van der Waals surface area contributed by atoms with Gasteiger partial charge < -0.3 is 14.5 Å². The molecule has 1 N–H and O–H groups in total. The summed E-state index contributed by atoms with van der Waals surface area (Å²) in [5, 5.41) is 0. The Balaban J connectivity index is 1.72. The first kappa shape index (κ1) is 20.2. The molecule has 0 bridgehead atoms. The third-order valence-corrected chi connectivity index (χ3v) is 5.51. The lowest BCUT2D eigenvalue weighted by atomic mass is 9.81. The van der Waals surface area contributed by atoms with Crippen LogP contribution in [0.1, 0.15) is 82.6 Å². The largest absolute Gasteiger partial charge is 0.497 e. The van der Waals surface area contributed by atoms with Crippen molar-refractivity contribution < 1.29 is 19.1 Å². The van der Waals surface area contributed by atoms with E-state index in [0.29, 0.717) is 36.3 Å². The van der Waals surface area contributed by atoms with Gasteiger partial charge in [-0.3, -0.25) is 4.79 Å². The summed E-state index contributed by atoms with van der Waals surface area (Å²) in [5.74, 6) is 0.614. The van der Waals surface area contributed by atoms with E-state index in [4.69, 9.17) is 9.47 Å². The second-order valence-electron chi connectivity index (χ2n) is 7.48. The number of nitrogens with one attached hydrogen (secondary N) is 1. The Morgan fingerprint density at radius 1 is 1.14 bits per heavy atom. The Kier molecular flexibility index (Phi) is 6.55. The SMILES string of the molecule is CCCCCCOC(=O)c1[nH]c2c(c1C)C(=O)CC(c1ccc(OC)cc1)C2. The number of carbonyl (C=O) groups is 2. The van der Waals surface area contributed by atoms with Crippen LogP contribution in [0.5, 0.6) is 5.75 Å². The number of unbranched alkanes of at least 4 members (excludes halogenated alkanes) is 3. The fraction of sp³-hybridized carbons (Fsp3) is 0.478. The Morgan fingerprint density at radius 3 is 2.57 bits per heavy atom. The van der Waals surface area contributed by atoms with Crippen molar-refractivity contribution >= 4 is 11.8 Å². The zero-order valence-corrected chi connectivity index (χ0v) is 17.0. The number of ketones is 1. The van der Waals surface area contributed by atoms with Crippen LogP contribution in [0.4, 0.5) is 0 Å². The summed E-state index contributed by atoms with van der Waals surface area (Å²) in [4.78, 5) is 28.4. The maximum Gasteiger partial charge on any atom is 0.355 e. The van der Waals surface area contributed by atoms with Gasteiger partial charge in [0.05, 0.1) is 13.7 Å². The smallest absolute Gasteiger partial charge is 0.355 e. The fourth-order valence-corrected chi connectivity index (χ4v) is 3.92. The molecule has 1 unspecified atom stereocenters. The third kappa shape index (κ3) is 4.29. The number of Topliss-reactive ketones (excluding diaryl/α,β-unsaturated/α-hetero) is 1. The number of H-pyrrole nitrogens is 1. The van der Waals surface area contributed by atoms with Crippen molar-refractivity contribution in [1.29, 1.82) is 0 Å². The number of fused-ring (bicyclic) bond motifs is 1. The predicted octanol–water partition coefficient (Wildman–Crippen LogP) is 4.98. The van der Waals surface area contributed by atoms with Crippen molar-refractivity contribution in [3.63, 3.8) is 0 Å². The number of rotatable bonds is 8. The van der Waals surface area contributed by atoms with Gasteiger partial charge >= 0.3 is 5.97 Å². The summed E-state index contributed by atoms with van der Waals surface area (Å²) < 4.78 is 10.6. The van der Waals surface area contributed by atoms with Crippen molar-refractivity contribution in [2.45, 2.75) is 58.3 Å². The van der Waals surface area contributed by atoms with E-state index in [9.17, 15) is 9.59 Å². The average molecular weight is 383 g/mol. The quantitative estimate of drug-likeness (QED) is 0.515. The summed E-state index contributed by atoms with van der Waals surface area (Å²) >= 11 is 0. The summed E-state index contributed by atoms with van der Waals surface area (Å²) in [7, 11) is 1.64. The van der Waals surface area contributed by atoms with Gasteiger partial charge in [0, 0.05) is 17.7 Å². The van der Waals surface area contributed by atoms with E-state index in [2.05, 4.69) is 11.9 Å². The Labute approximate surface area is 166 Å². The molecule has 5 heteroatoms. The Morgan fingerprint density at radius 2 is 1.89 bits per heavy atom. The molecule has 0 aliphatic heterocycles. The number of ether oxygens (including phenoxy) is 2. The van der Waals surface area contributed by atoms with Gasteiger partial charge in [0.1, 0.15) is 11.4 Å². The maximum atomic E-state index is 12.8. The topological polar surface area (TPSA) is 68.4 Å². The number of hydrogen-bond acceptors (Lipinski definition) is 4. The van der Waals surface area contributed by atoms with E-state index in [-0.39, 0.29) is 17.7 Å². The van der Waals surface area contributed by atoms with Gasteiger partial charge in [0.25, 0.3) is 0 Å². The summed E-state index contributed by atoms with van der Waals surface area (Å²) in [6.45, 7) is 4.40. The van der Waals surface area contributed by atoms with Gasteiger partial charge in [-0.1, -0.05) is 38.3 Å². The van der Waals surface area contributed by atoms with E-state index >= 15 is 0 Å². The molecule has 1 aromatic heterocycles. The van der Waals surface area contributed by atoms with Crippen LogP contribution >= 0.6 is 0 Å².